The van der Waals surface area contributed by atoms with Crippen molar-refractivity contribution in [2.45, 2.75) is 38.4 Å². The van der Waals surface area contributed by atoms with E-state index in [1.54, 1.807) is 6.07 Å². The van der Waals surface area contributed by atoms with Crippen molar-refractivity contribution >= 4 is 11.8 Å². The summed E-state index contributed by atoms with van der Waals surface area (Å²) >= 11 is 0. The fraction of sp³-hybridized carbons (Fsp3) is 0.389. The molecule has 0 saturated carbocycles. The first kappa shape index (κ1) is 21.2. The van der Waals surface area contributed by atoms with Gasteiger partial charge in [0.2, 0.25) is 0 Å². The highest BCUT2D eigenvalue weighted by atomic mass is 16.7. The van der Waals surface area contributed by atoms with Crippen molar-refractivity contribution in [3.63, 3.8) is 0 Å². The molecular weight excluding hydrogens is 402 g/mol. The van der Waals surface area contributed by atoms with Crippen molar-refractivity contribution in [1.82, 2.24) is 9.55 Å². The van der Waals surface area contributed by atoms with Crippen LogP contribution in [-0.2, 0) is 20.8 Å². The first-order valence-corrected chi connectivity index (χ1v) is 8.93. The van der Waals surface area contributed by atoms with Crippen molar-refractivity contribution in [1.29, 1.82) is 0 Å². The molecule has 1 aromatic heterocycles. The van der Waals surface area contributed by atoms with E-state index in [1.807, 2.05) is 0 Å². The van der Waals surface area contributed by atoms with Gasteiger partial charge < -0.3 is 19.3 Å². The molecule has 0 aliphatic carbocycles. The van der Waals surface area contributed by atoms with E-state index in [1.165, 1.54) is 31.3 Å². The first-order valence-electron chi connectivity index (χ1n) is 8.93. The SMILES string of the molecule is Cc1cn([C@H]2CC(O)[C@@H](COC(=O)OCc3ccccc3[N+](=O)[O-])O2)c(=O)[nH]c1=O. The van der Waals surface area contributed by atoms with Crippen molar-refractivity contribution in [3.05, 3.63) is 72.5 Å². The molecule has 0 radical (unpaired) electrons. The Hall–Kier alpha value is -3.51. The second-order valence-electron chi connectivity index (χ2n) is 6.65. The van der Waals surface area contributed by atoms with Gasteiger partial charge in [-0.25, -0.2) is 9.59 Å². The van der Waals surface area contributed by atoms with Crippen LogP contribution in [0.3, 0.4) is 0 Å². The number of carbonyl (C=O) groups is 1. The van der Waals surface area contributed by atoms with E-state index in [-0.39, 0.29) is 30.9 Å². The van der Waals surface area contributed by atoms with E-state index in [9.17, 15) is 29.6 Å². The summed E-state index contributed by atoms with van der Waals surface area (Å²) in [6.07, 6.45) is -2.53. The Morgan fingerprint density at radius 1 is 1.37 bits per heavy atom. The van der Waals surface area contributed by atoms with Crippen LogP contribution in [0, 0.1) is 17.0 Å². The maximum Gasteiger partial charge on any atom is 0.508 e. The van der Waals surface area contributed by atoms with Crippen LogP contribution in [0.2, 0.25) is 0 Å². The average molecular weight is 421 g/mol. The average Bonchev–Trinajstić information content (AvgIpc) is 3.08. The number of nitro groups is 1. The van der Waals surface area contributed by atoms with Crippen molar-refractivity contribution in [3.8, 4) is 0 Å². The third-order valence-corrected chi connectivity index (χ3v) is 4.56. The molecule has 30 heavy (non-hydrogen) atoms. The number of aryl methyl sites for hydroxylation is 1. The van der Waals surface area contributed by atoms with Crippen LogP contribution in [0.4, 0.5) is 10.5 Å². The summed E-state index contributed by atoms with van der Waals surface area (Å²) in [5.74, 6) is 0. The topological polar surface area (TPSA) is 163 Å². The van der Waals surface area contributed by atoms with E-state index in [0.29, 0.717) is 5.56 Å². The lowest BCUT2D eigenvalue weighted by Crippen LogP contribution is -2.33. The monoisotopic (exact) mass is 421 g/mol. The highest BCUT2D eigenvalue weighted by molar-refractivity contribution is 5.60. The lowest BCUT2D eigenvalue weighted by molar-refractivity contribution is -0.385. The van der Waals surface area contributed by atoms with Crippen LogP contribution in [0.25, 0.3) is 0 Å². The highest BCUT2D eigenvalue weighted by Gasteiger charge is 2.36. The van der Waals surface area contributed by atoms with Gasteiger partial charge in [0.05, 0.1) is 16.6 Å². The molecule has 1 aliphatic heterocycles. The van der Waals surface area contributed by atoms with Gasteiger partial charge in [-0.15, -0.1) is 0 Å². The molecule has 1 aromatic carbocycles. The van der Waals surface area contributed by atoms with Crippen LogP contribution in [0.1, 0.15) is 23.8 Å². The maximum atomic E-state index is 11.9. The number of ether oxygens (including phenoxy) is 3. The summed E-state index contributed by atoms with van der Waals surface area (Å²) in [6.45, 7) is 0.803. The molecule has 12 heteroatoms. The van der Waals surface area contributed by atoms with Crippen LogP contribution in [0.15, 0.2) is 40.1 Å². The maximum absolute atomic E-state index is 11.9. The Bertz CT molecular complexity index is 1060. The molecule has 3 atom stereocenters. The minimum atomic E-state index is -1.09. The van der Waals surface area contributed by atoms with Gasteiger partial charge in [0.1, 0.15) is 25.5 Å². The van der Waals surface area contributed by atoms with Crippen molar-refractivity contribution in [2.24, 2.45) is 0 Å². The van der Waals surface area contributed by atoms with Crippen LogP contribution >= 0.6 is 0 Å². The molecule has 0 bridgehead atoms. The number of hydrogen-bond donors (Lipinski definition) is 2. The smallest absolute Gasteiger partial charge is 0.431 e. The van der Waals surface area contributed by atoms with Crippen LogP contribution < -0.4 is 11.2 Å². The Balaban J connectivity index is 1.54. The number of aromatic nitrogens is 2. The summed E-state index contributed by atoms with van der Waals surface area (Å²) in [6, 6.07) is 5.79. The molecule has 2 heterocycles. The second kappa shape index (κ2) is 8.88. The number of hydrogen-bond acceptors (Lipinski definition) is 9. The number of rotatable bonds is 6. The summed E-state index contributed by atoms with van der Waals surface area (Å²) in [5, 5.41) is 21.1. The Kier molecular flexibility index (Phi) is 6.28. The third-order valence-electron chi connectivity index (χ3n) is 4.56. The molecule has 2 aromatic rings. The molecule has 0 amide bonds. The number of nitrogens with one attached hydrogen (secondary N) is 1. The van der Waals surface area contributed by atoms with Gasteiger partial charge in [0, 0.05) is 24.2 Å². The number of aliphatic hydroxyl groups excluding tert-OH is 1. The van der Waals surface area contributed by atoms with E-state index in [2.05, 4.69) is 4.98 Å². The molecular formula is C18H19N3O9. The molecule has 1 unspecified atom stereocenters. The summed E-state index contributed by atoms with van der Waals surface area (Å²) in [4.78, 5) is 47.7. The number of carbonyl (C=O) groups excluding carboxylic acids is 1. The molecule has 1 fully saturated rings. The predicted molar refractivity (Wildman–Crippen MR) is 99.8 cm³/mol. The summed E-state index contributed by atoms with van der Waals surface area (Å²) in [7, 11) is 0. The highest BCUT2D eigenvalue weighted by Crippen LogP contribution is 2.28. The molecule has 12 nitrogen and oxygen atoms in total. The van der Waals surface area contributed by atoms with Gasteiger partial charge in [-0.2, -0.15) is 0 Å². The number of H-pyrrole nitrogens is 1. The zero-order chi connectivity index (χ0) is 21.8. The second-order valence-corrected chi connectivity index (χ2v) is 6.65. The molecule has 1 saturated heterocycles. The molecule has 160 valence electrons. The number of benzene rings is 1. The lowest BCUT2D eigenvalue weighted by atomic mass is 10.2. The summed E-state index contributed by atoms with van der Waals surface area (Å²) < 4.78 is 16.5. The van der Waals surface area contributed by atoms with E-state index in [0.717, 1.165) is 4.57 Å². The zero-order valence-electron chi connectivity index (χ0n) is 15.8. The Morgan fingerprint density at radius 2 is 2.10 bits per heavy atom. The molecule has 3 rings (SSSR count). The van der Waals surface area contributed by atoms with Crippen LogP contribution in [-0.4, -0.2) is 44.6 Å². The molecule has 2 N–H and O–H groups in total. The normalized spacial score (nSPS) is 20.7. The van der Waals surface area contributed by atoms with E-state index < -0.39 is 40.8 Å². The minimum Gasteiger partial charge on any atom is -0.431 e. The van der Waals surface area contributed by atoms with E-state index >= 15 is 0 Å². The minimum absolute atomic E-state index is 0.0463. The number of aliphatic hydroxyl groups is 1. The Labute approximate surface area is 168 Å². The zero-order valence-corrected chi connectivity index (χ0v) is 15.8. The number of aromatic amines is 1. The van der Waals surface area contributed by atoms with E-state index in [4.69, 9.17) is 14.2 Å². The number of nitrogens with zero attached hydrogens (tertiary/aromatic N) is 2. The van der Waals surface area contributed by atoms with Gasteiger partial charge in [-0.3, -0.25) is 24.5 Å². The molecule has 1 aliphatic rings. The third kappa shape index (κ3) is 4.72. The number of para-hydroxylation sites is 1. The van der Waals surface area contributed by atoms with Crippen LogP contribution in [0.5, 0.6) is 0 Å². The first-order chi connectivity index (χ1) is 14.3. The van der Waals surface area contributed by atoms with Gasteiger partial charge in [-0.1, -0.05) is 12.1 Å². The standard InChI is InChI=1S/C18H19N3O9/c1-10-7-20(17(24)19-16(10)23)15-6-13(22)14(30-15)9-29-18(25)28-8-11-4-2-3-5-12(11)21(26)27/h2-5,7,13-15,22H,6,8-9H2,1H3,(H,19,23,24)/t13?,14-,15-/m1/s1. The van der Waals surface area contributed by atoms with Gasteiger partial charge in [-0.05, 0) is 13.0 Å². The lowest BCUT2D eigenvalue weighted by Gasteiger charge is -2.16. The quantitative estimate of drug-likeness (QED) is 0.389. The fourth-order valence-electron chi connectivity index (χ4n) is 2.98. The van der Waals surface area contributed by atoms with Gasteiger partial charge >= 0.3 is 11.8 Å². The van der Waals surface area contributed by atoms with Gasteiger partial charge in [0.25, 0.3) is 11.2 Å². The van der Waals surface area contributed by atoms with Gasteiger partial charge in [0.15, 0.2) is 0 Å². The predicted octanol–water partition coefficient (Wildman–Crippen LogP) is 0.755. The Morgan fingerprint density at radius 3 is 2.83 bits per heavy atom. The van der Waals surface area contributed by atoms with Crippen molar-refractivity contribution in [2.75, 3.05) is 6.61 Å². The fourth-order valence-corrected chi connectivity index (χ4v) is 2.98. The summed E-state index contributed by atoms with van der Waals surface area (Å²) in [5.41, 5.74) is -0.899. The molecule has 0 spiro atoms. The number of nitro benzene ring substituents is 1. The van der Waals surface area contributed by atoms with Crippen molar-refractivity contribution < 1.29 is 29.0 Å². The largest absolute Gasteiger partial charge is 0.508 e.